The van der Waals surface area contributed by atoms with Gasteiger partial charge in [0.15, 0.2) is 5.78 Å². The first kappa shape index (κ1) is 16.6. The number of nitro groups is 1. The summed E-state index contributed by atoms with van der Waals surface area (Å²) in [6.45, 7) is 1.83. The van der Waals surface area contributed by atoms with Crippen molar-refractivity contribution in [1.82, 2.24) is 0 Å². The zero-order valence-electron chi connectivity index (χ0n) is 12.1. The van der Waals surface area contributed by atoms with E-state index in [1.165, 1.54) is 24.3 Å². The predicted octanol–water partition coefficient (Wildman–Crippen LogP) is 3.66. The van der Waals surface area contributed by atoms with Gasteiger partial charge in [-0.15, -0.1) is 0 Å². The maximum absolute atomic E-state index is 12.6. The van der Waals surface area contributed by atoms with E-state index in [1.807, 2.05) is 0 Å². The summed E-state index contributed by atoms with van der Waals surface area (Å²) in [5.74, 6) is -1.15. The molecule has 0 aliphatic carbocycles. The first-order chi connectivity index (χ1) is 11.0. The molecule has 0 unspecified atom stereocenters. The second-order valence-electron chi connectivity index (χ2n) is 4.52. The van der Waals surface area contributed by atoms with E-state index in [4.69, 9.17) is 16.3 Å². The lowest BCUT2D eigenvalue weighted by atomic mass is 9.98. The summed E-state index contributed by atoms with van der Waals surface area (Å²) in [4.78, 5) is 34.8. The summed E-state index contributed by atoms with van der Waals surface area (Å²) in [7, 11) is 0. The van der Waals surface area contributed by atoms with Crippen LogP contribution < -0.4 is 0 Å². The predicted molar refractivity (Wildman–Crippen MR) is 83.9 cm³/mol. The van der Waals surface area contributed by atoms with Gasteiger partial charge in [-0.25, -0.2) is 4.79 Å². The number of nitrogens with zero attached hydrogens (tertiary/aromatic N) is 1. The van der Waals surface area contributed by atoms with Crippen LogP contribution in [0.25, 0.3) is 0 Å². The van der Waals surface area contributed by atoms with E-state index in [0.29, 0.717) is 0 Å². The molecule has 0 bridgehead atoms. The smallest absolute Gasteiger partial charge is 0.338 e. The molecule has 7 heteroatoms. The van der Waals surface area contributed by atoms with Gasteiger partial charge in [0, 0.05) is 17.2 Å². The molecule has 0 spiro atoms. The number of halogens is 1. The molecule has 0 atom stereocenters. The fourth-order valence-corrected chi connectivity index (χ4v) is 2.20. The number of carbonyl (C=O) groups excluding carboxylic acids is 2. The molecule has 0 amide bonds. The molecule has 0 N–H and O–H groups in total. The molecule has 2 aromatic carbocycles. The lowest BCUT2D eigenvalue weighted by molar-refractivity contribution is -0.384. The zero-order valence-corrected chi connectivity index (χ0v) is 12.9. The molecule has 0 fully saturated rings. The third-order valence-corrected chi connectivity index (χ3v) is 3.39. The minimum absolute atomic E-state index is 0.0646. The van der Waals surface area contributed by atoms with E-state index >= 15 is 0 Å². The van der Waals surface area contributed by atoms with Gasteiger partial charge in [-0.05, 0) is 25.1 Å². The molecule has 2 rings (SSSR count). The van der Waals surface area contributed by atoms with Crippen LogP contribution in [0.15, 0.2) is 42.5 Å². The number of esters is 1. The van der Waals surface area contributed by atoms with Gasteiger partial charge < -0.3 is 4.74 Å². The van der Waals surface area contributed by atoms with Crippen LogP contribution in [0, 0.1) is 10.1 Å². The number of ketones is 1. The second-order valence-corrected chi connectivity index (χ2v) is 4.93. The number of hydrogen-bond donors (Lipinski definition) is 0. The fourth-order valence-electron chi connectivity index (χ4n) is 2.02. The van der Waals surface area contributed by atoms with Crippen LogP contribution in [0.1, 0.15) is 33.2 Å². The Morgan fingerprint density at radius 2 is 1.83 bits per heavy atom. The highest BCUT2D eigenvalue weighted by molar-refractivity contribution is 6.32. The Balaban J connectivity index is 2.48. The molecule has 0 saturated heterocycles. The lowest BCUT2D eigenvalue weighted by Gasteiger charge is -2.08. The molecule has 0 aromatic heterocycles. The highest BCUT2D eigenvalue weighted by Crippen LogP contribution is 2.26. The van der Waals surface area contributed by atoms with Gasteiger partial charge in [0.2, 0.25) is 0 Å². The molecule has 0 aliphatic rings. The summed E-state index contributed by atoms with van der Waals surface area (Å²) in [6, 6.07) is 9.88. The Morgan fingerprint density at radius 1 is 1.17 bits per heavy atom. The molecular formula is C16H12ClNO5. The summed E-state index contributed by atoms with van der Waals surface area (Å²) in [5, 5.41) is 10.9. The van der Waals surface area contributed by atoms with E-state index in [-0.39, 0.29) is 34.0 Å². The number of benzene rings is 2. The quantitative estimate of drug-likeness (QED) is 0.361. The Morgan fingerprint density at radius 3 is 2.43 bits per heavy atom. The third-order valence-electron chi connectivity index (χ3n) is 3.07. The Hall–Kier alpha value is -2.73. The molecule has 0 radical (unpaired) electrons. The Kier molecular flexibility index (Phi) is 5.08. The van der Waals surface area contributed by atoms with Gasteiger partial charge in [-0.2, -0.15) is 0 Å². The minimum atomic E-state index is -0.670. The molecule has 0 saturated carbocycles. The van der Waals surface area contributed by atoms with E-state index in [1.54, 1.807) is 19.1 Å². The van der Waals surface area contributed by atoms with Gasteiger partial charge in [0.1, 0.15) is 5.02 Å². The Bertz CT molecular complexity index is 788. The van der Waals surface area contributed by atoms with Crippen LogP contribution in [0.2, 0.25) is 5.02 Å². The average Bonchev–Trinajstić information content (AvgIpc) is 2.54. The highest BCUT2D eigenvalue weighted by Gasteiger charge is 2.21. The van der Waals surface area contributed by atoms with Gasteiger partial charge in [-0.3, -0.25) is 14.9 Å². The summed E-state index contributed by atoms with van der Waals surface area (Å²) >= 11 is 5.74. The Labute approximate surface area is 136 Å². The van der Waals surface area contributed by atoms with Crippen LogP contribution >= 0.6 is 11.6 Å². The van der Waals surface area contributed by atoms with Gasteiger partial charge in [0.05, 0.1) is 17.1 Å². The first-order valence-electron chi connectivity index (χ1n) is 6.70. The van der Waals surface area contributed by atoms with Crippen molar-refractivity contribution < 1.29 is 19.2 Å². The standard InChI is InChI=1S/C16H12ClNO5/c1-2-23-16(20)12-6-4-3-5-11(12)15(19)10-7-8-13(17)14(9-10)18(21)22/h3-9H,2H2,1H3. The molecule has 2 aromatic rings. The second kappa shape index (κ2) is 7.02. The summed E-state index contributed by atoms with van der Waals surface area (Å²) in [5.41, 5.74) is -0.0801. The van der Waals surface area contributed by atoms with Crippen LogP contribution in [0.5, 0.6) is 0 Å². The lowest BCUT2D eigenvalue weighted by Crippen LogP contribution is -2.12. The van der Waals surface area contributed by atoms with Crippen molar-refractivity contribution in [3.8, 4) is 0 Å². The monoisotopic (exact) mass is 333 g/mol. The maximum atomic E-state index is 12.6. The normalized spacial score (nSPS) is 10.2. The zero-order chi connectivity index (χ0) is 17.0. The van der Waals surface area contributed by atoms with Crippen molar-refractivity contribution in [2.45, 2.75) is 6.92 Å². The van der Waals surface area contributed by atoms with Crippen molar-refractivity contribution in [2.24, 2.45) is 0 Å². The molecule has 118 valence electrons. The molecule has 0 heterocycles. The summed E-state index contributed by atoms with van der Waals surface area (Å²) in [6.07, 6.45) is 0. The highest BCUT2D eigenvalue weighted by atomic mass is 35.5. The van der Waals surface area contributed by atoms with E-state index in [9.17, 15) is 19.7 Å². The van der Waals surface area contributed by atoms with E-state index < -0.39 is 16.7 Å². The number of ether oxygens (including phenoxy) is 1. The fraction of sp³-hybridized carbons (Fsp3) is 0.125. The van der Waals surface area contributed by atoms with Crippen molar-refractivity contribution >= 4 is 29.0 Å². The van der Waals surface area contributed by atoms with Crippen molar-refractivity contribution in [3.05, 3.63) is 74.3 Å². The van der Waals surface area contributed by atoms with Crippen LogP contribution in [-0.4, -0.2) is 23.3 Å². The van der Waals surface area contributed by atoms with Crippen molar-refractivity contribution in [1.29, 1.82) is 0 Å². The first-order valence-corrected chi connectivity index (χ1v) is 7.08. The van der Waals surface area contributed by atoms with Crippen molar-refractivity contribution in [3.63, 3.8) is 0 Å². The number of carbonyl (C=O) groups is 2. The van der Waals surface area contributed by atoms with Gasteiger partial charge >= 0.3 is 5.97 Å². The third kappa shape index (κ3) is 3.54. The van der Waals surface area contributed by atoms with Gasteiger partial charge in [0.25, 0.3) is 5.69 Å². The summed E-state index contributed by atoms with van der Waals surface area (Å²) < 4.78 is 4.92. The van der Waals surface area contributed by atoms with Gasteiger partial charge in [-0.1, -0.05) is 29.8 Å². The minimum Gasteiger partial charge on any atom is -0.462 e. The number of hydrogen-bond acceptors (Lipinski definition) is 5. The van der Waals surface area contributed by atoms with E-state index in [0.717, 1.165) is 6.07 Å². The topological polar surface area (TPSA) is 86.5 Å². The van der Waals surface area contributed by atoms with Crippen LogP contribution in [-0.2, 0) is 4.74 Å². The molecular weight excluding hydrogens is 322 g/mol. The SMILES string of the molecule is CCOC(=O)c1ccccc1C(=O)c1ccc(Cl)c([N+](=O)[O-])c1. The van der Waals surface area contributed by atoms with Crippen molar-refractivity contribution in [2.75, 3.05) is 6.61 Å². The average molecular weight is 334 g/mol. The molecule has 0 aliphatic heterocycles. The molecule has 6 nitrogen and oxygen atoms in total. The number of nitro benzene ring substituents is 1. The number of rotatable bonds is 5. The van der Waals surface area contributed by atoms with Crippen LogP contribution in [0.3, 0.4) is 0 Å². The van der Waals surface area contributed by atoms with E-state index in [2.05, 4.69) is 0 Å². The van der Waals surface area contributed by atoms with Crippen LogP contribution in [0.4, 0.5) is 5.69 Å². The molecule has 23 heavy (non-hydrogen) atoms. The largest absolute Gasteiger partial charge is 0.462 e. The maximum Gasteiger partial charge on any atom is 0.338 e.